The van der Waals surface area contributed by atoms with E-state index < -0.39 is 0 Å². The van der Waals surface area contributed by atoms with Crippen LogP contribution in [0.3, 0.4) is 0 Å². The average Bonchev–Trinajstić information content (AvgIpc) is 2.29. The molecule has 17 heavy (non-hydrogen) atoms. The molecule has 2 N–H and O–H groups in total. The zero-order valence-corrected chi connectivity index (χ0v) is 11.9. The molecule has 0 aliphatic rings. The lowest BCUT2D eigenvalue weighted by Crippen LogP contribution is -2.19. The van der Waals surface area contributed by atoms with Crippen LogP contribution in [0, 0.1) is 0 Å². The third-order valence-corrected chi connectivity index (χ3v) is 3.09. The minimum atomic E-state index is 0.416. The predicted octanol–water partition coefficient (Wildman–Crippen LogP) is 2.63. The number of hydrogen-bond acceptors (Lipinski definition) is 5. The van der Waals surface area contributed by atoms with Crippen LogP contribution < -0.4 is 10.6 Å². The Bertz CT molecular complexity index is 343. The Morgan fingerprint density at radius 3 is 2.59 bits per heavy atom. The highest BCUT2D eigenvalue weighted by atomic mass is 32.2. The lowest BCUT2D eigenvalue weighted by molar-refractivity contribution is 0.877. The average molecular weight is 254 g/mol. The molecule has 1 atom stereocenters. The molecule has 0 aromatic carbocycles. The maximum atomic E-state index is 4.48. The van der Waals surface area contributed by atoms with Crippen LogP contribution in [0.15, 0.2) is 6.07 Å². The molecule has 1 aromatic rings. The molecule has 0 fully saturated rings. The van der Waals surface area contributed by atoms with Gasteiger partial charge >= 0.3 is 0 Å². The number of aryl methyl sites for hydroxylation is 1. The Kier molecular flexibility index (Phi) is 6.11. The minimum absolute atomic E-state index is 0.416. The van der Waals surface area contributed by atoms with E-state index in [1.54, 1.807) is 0 Å². The number of aromatic nitrogens is 2. The molecule has 5 heteroatoms. The SMILES string of the molecule is CCNc1cc(NC(C)CSC)nc(CC)n1. The first-order valence-corrected chi connectivity index (χ1v) is 7.46. The Balaban J connectivity index is 2.79. The molecule has 1 rings (SSSR count). The standard InChI is InChI=1S/C12H22N4S/c1-5-10-15-11(13-6-2)7-12(16-10)14-9(3)8-17-4/h7,9H,5-6,8H2,1-4H3,(H2,13,14,15,16). The number of nitrogens with zero attached hydrogens (tertiary/aromatic N) is 2. The molecule has 0 aliphatic heterocycles. The van der Waals surface area contributed by atoms with Gasteiger partial charge in [0.1, 0.15) is 17.5 Å². The molecule has 0 saturated heterocycles. The summed E-state index contributed by atoms with van der Waals surface area (Å²) >= 11 is 1.83. The summed E-state index contributed by atoms with van der Waals surface area (Å²) < 4.78 is 0. The van der Waals surface area contributed by atoms with Crippen molar-refractivity contribution in [2.24, 2.45) is 0 Å². The van der Waals surface area contributed by atoms with E-state index in [-0.39, 0.29) is 0 Å². The summed E-state index contributed by atoms with van der Waals surface area (Å²) in [7, 11) is 0. The van der Waals surface area contributed by atoms with Crippen LogP contribution in [-0.4, -0.2) is 34.6 Å². The normalized spacial score (nSPS) is 12.2. The van der Waals surface area contributed by atoms with Crippen molar-refractivity contribution in [3.05, 3.63) is 11.9 Å². The third-order valence-electron chi connectivity index (χ3n) is 2.26. The molecule has 0 spiro atoms. The fraction of sp³-hybridized carbons (Fsp3) is 0.667. The van der Waals surface area contributed by atoms with Crippen molar-refractivity contribution in [3.63, 3.8) is 0 Å². The molecule has 0 amide bonds. The van der Waals surface area contributed by atoms with E-state index in [4.69, 9.17) is 0 Å². The van der Waals surface area contributed by atoms with E-state index in [9.17, 15) is 0 Å². The van der Waals surface area contributed by atoms with Gasteiger partial charge in [-0.1, -0.05) is 6.92 Å². The van der Waals surface area contributed by atoms with Crippen molar-refractivity contribution < 1.29 is 0 Å². The quantitative estimate of drug-likeness (QED) is 0.783. The Morgan fingerprint density at radius 1 is 1.29 bits per heavy atom. The number of nitrogens with one attached hydrogen (secondary N) is 2. The molecule has 0 saturated carbocycles. The monoisotopic (exact) mass is 254 g/mol. The van der Waals surface area contributed by atoms with Gasteiger partial charge in [0, 0.05) is 30.8 Å². The van der Waals surface area contributed by atoms with E-state index >= 15 is 0 Å². The predicted molar refractivity (Wildman–Crippen MR) is 77.0 cm³/mol. The third kappa shape index (κ3) is 4.81. The van der Waals surface area contributed by atoms with E-state index in [0.29, 0.717) is 6.04 Å². The number of hydrogen-bond donors (Lipinski definition) is 2. The molecule has 96 valence electrons. The summed E-state index contributed by atoms with van der Waals surface area (Å²) in [4.78, 5) is 8.91. The van der Waals surface area contributed by atoms with Gasteiger partial charge in [-0.3, -0.25) is 0 Å². The first kappa shape index (κ1) is 14.1. The van der Waals surface area contributed by atoms with Crippen LogP contribution in [0.1, 0.15) is 26.6 Å². The molecular weight excluding hydrogens is 232 g/mol. The molecule has 0 bridgehead atoms. The summed E-state index contributed by atoms with van der Waals surface area (Å²) in [5.74, 6) is 3.76. The minimum Gasteiger partial charge on any atom is -0.370 e. The number of anilines is 2. The second kappa shape index (κ2) is 7.37. The molecule has 1 heterocycles. The summed E-state index contributed by atoms with van der Waals surface area (Å²) in [5, 5.41) is 6.64. The summed E-state index contributed by atoms with van der Waals surface area (Å²) in [5.41, 5.74) is 0. The van der Waals surface area contributed by atoms with Crippen molar-refractivity contribution in [1.29, 1.82) is 0 Å². The lowest BCUT2D eigenvalue weighted by atomic mass is 10.3. The Hall–Kier alpha value is -0.970. The van der Waals surface area contributed by atoms with Gasteiger partial charge in [0.2, 0.25) is 0 Å². The second-order valence-corrected chi connectivity index (χ2v) is 4.85. The number of thioether (sulfide) groups is 1. The molecule has 0 radical (unpaired) electrons. The summed E-state index contributed by atoms with van der Waals surface area (Å²) in [6.07, 6.45) is 2.96. The van der Waals surface area contributed by atoms with Crippen LogP contribution >= 0.6 is 11.8 Å². The molecule has 4 nitrogen and oxygen atoms in total. The first-order valence-electron chi connectivity index (χ1n) is 6.06. The van der Waals surface area contributed by atoms with Gasteiger partial charge in [0.25, 0.3) is 0 Å². The molecular formula is C12H22N4S. The first-order chi connectivity index (χ1) is 8.19. The Morgan fingerprint density at radius 2 is 2.00 bits per heavy atom. The lowest BCUT2D eigenvalue weighted by Gasteiger charge is -2.14. The van der Waals surface area contributed by atoms with Gasteiger partial charge in [-0.2, -0.15) is 11.8 Å². The van der Waals surface area contributed by atoms with Crippen molar-refractivity contribution in [3.8, 4) is 0 Å². The highest BCUT2D eigenvalue weighted by Crippen LogP contribution is 2.13. The van der Waals surface area contributed by atoms with E-state index in [1.807, 2.05) is 17.8 Å². The van der Waals surface area contributed by atoms with Gasteiger partial charge in [-0.05, 0) is 20.1 Å². The highest BCUT2D eigenvalue weighted by Gasteiger charge is 2.06. The van der Waals surface area contributed by atoms with E-state index in [1.165, 1.54) is 0 Å². The van der Waals surface area contributed by atoms with Crippen LogP contribution in [0.4, 0.5) is 11.6 Å². The van der Waals surface area contributed by atoms with Gasteiger partial charge in [0.15, 0.2) is 0 Å². The summed E-state index contributed by atoms with van der Waals surface area (Å²) in [6.45, 7) is 7.18. The zero-order chi connectivity index (χ0) is 12.7. The Labute approximate surface area is 108 Å². The van der Waals surface area contributed by atoms with Crippen LogP contribution in [0.25, 0.3) is 0 Å². The second-order valence-electron chi connectivity index (χ2n) is 3.94. The summed E-state index contributed by atoms with van der Waals surface area (Å²) in [6, 6.07) is 2.39. The van der Waals surface area contributed by atoms with E-state index in [2.05, 4.69) is 47.6 Å². The van der Waals surface area contributed by atoms with Gasteiger partial charge in [-0.25, -0.2) is 9.97 Å². The fourth-order valence-corrected chi connectivity index (χ4v) is 2.13. The van der Waals surface area contributed by atoms with Gasteiger partial charge in [0.05, 0.1) is 0 Å². The largest absolute Gasteiger partial charge is 0.370 e. The van der Waals surface area contributed by atoms with E-state index in [0.717, 1.165) is 36.2 Å². The smallest absolute Gasteiger partial charge is 0.132 e. The maximum absolute atomic E-state index is 4.48. The fourth-order valence-electron chi connectivity index (χ4n) is 1.54. The molecule has 1 unspecified atom stereocenters. The number of rotatable bonds is 7. The topological polar surface area (TPSA) is 49.8 Å². The van der Waals surface area contributed by atoms with Crippen molar-refractivity contribution in [1.82, 2.24) is 9.97 Å². The maximum Gasteiger partial charge on any atom is 0.132 e. The van der Waals surface area contributed by atoms with Gasteiger partial charge < -0.3 is 10.6 Å². The highest BCUT2D eigenvalue weighted by molar-refractivity contribution is 7.98. The van der Waals surface area contributed by atoms with Crippen molar-refractivity contribution in [2.45, 2.75) is 33.2 Å². The van der Waals surface area contributed by atoms with Gasteiger partial charge in [-0.15, -0.1) is 0 Å². The molecule has 0 aliphatic carbocycles. The van der Waals surface area contributed by atoms with Crippen molar-refractivity contribution >= 4 is 23.4 Å². The van der Waals surface area contributed by atoms with Crippen LogP contribution in [0.5, 0.6) is 0 Å². The molecule has 1 aromatic heterocycles. The van der Waals surface area contributed by atoms with Crippen LogP contribution in [0.2, 0.25) is 0 Å². The van der Waals surface area contributed by atoms with Crippen LogP contribution in [-0.2, 0) is 6.42 Å². The van der Waals surface area contributed by atoms with Crippen molar-refractivity contribution in [2.75, 3.05) is 29.2 Å². The zero-order valence-electron chi connectivity index (χ0n) is 11.1.